The van der Waals surface area contributed by atoms with Crippen molar-refractivity contribution >= 4 is 11.8 Å². The molecule has 8 heteroatoms. The van der Waals surface area contributed by atoms with Gasteiger partial charge < -0.3 is 4.74 Å². The minimum absolute atomic E-state index is 0.326. The second kappa shape index (κ2) is 8.34. The second-order valence-electron chi connectivity index (χ2n) is 6.04. The minimum Gasteiger partial charge on any atom is -0.484 e. The molecule has 0 aliphatic carbocycles. The Bertz CT molecular complexity index is 985. The van der Waals surface area contributed by atoms with Gasteiger partial charge in [0.05, 0.1) is 22.6 Å². The average Bonchev–Trinajstić information content (AvgIpc) is 3.00. The third kappa shape index (κ3) is 4.35. The number of rotatable bonds is 5. The van der Waals surface area contributed by atoms with Crippen LogP contribution in [0.4, 0.5) is 4.39 Å². The standard InChI is InChI=1S/C20H19FN4O3/c1-13-19(14(2)25(24-13)16-6-4-3-5-7-16)20(27)23-22-18(26)12-28-17-10-8-15(21)9-11-17/h3-11H,12H2,1-2H3,(H,22,26)(H,23,27). The highest BCUT2D eigenvalue weighted by atomic mass is 19.1. The van der Waals surface area contributed by atoms with Gasteiger partial charge in [-0.3, -0.25) is 20.4 Å². The van der Waals surface area contributed by atoms with Crippen LogP contribution in [0.25, 0.3) is 5.69 Å². The molecule has 28 heavy (non-hydrogen) atoms. The first-order valence-corrected chi connectivity index (χ1v) is 8.55. The molecule has 2 N–H and O–H groups in total. The van der Waals surface area contributed by atoms with E-state index in [0.717, 1.165) is 5.69 Å². The Morgan fingerprint density at radius 2 is 1.71 bits per heavy atom. The summed E-state index contributed by atoms with van der Waals surface area (Å²) in [4.78, 5) is 24.4. The van der Waals surface area contributed by atoms with Gasteiger partial charge in [-0.15, -0.1) is 0 Å². The van der Waals surface area contributed by atoms with E-state index in [0.29, 0.717) is 22.7 Å². The number of aromatic nitrogens is 2. The fourth-order valence-corrected chi connectivity index (χ4v) is 2.70. The van der Waals surface area contributed by atoms with Crippen LogP contribution >= 0.6 is 0 Å². The van der Waals surface area contributed by atoms with E-state index in [1.54, 1.807) is 18.5 Å². The van der Waals surface area contributed by atoms with Crippen molar-refractivity contribution in [3.63, 3.8) is 0 Å². The van der Waals surface area contributed by atoms with E-state index in [4.69, 9.17) is 4.74 Å². The number of carbonyl (C=O) groups is 2. The molecule has 0 aliphatic heterocycles. The Hall–Kier alpha value is -3.68. The first-order chi connectivity index (χ1) is 13.5. The number of amides is 2. The lowest BCUT2D eigenvalue weighted by Crippen LogP contribution is -2.44. The summed E-state index contributed by atoms with van der Waals surface area (Å²) in [6.07, 6.45) is 0. The normalized spacial score (nSPS) is 10.4. The van der Waals surface area contributed by atoms with Crippen molar-refractivity contribution in [2.45, 2.75) is 13.8 Å². The van der Waals surface area contributed by atoms with Crippen LogP contribution in [0.1, 0.15) is 21.7 Å². The molecule has 0 radical (unpaired) electrons. The summed E-state index contributed by atoms with van der Waals surface area (Å²) >= 11 is 0. The van der Waals surface area contributed by atoms with Gasteiger partial charge in [0.2, 0.25) is 0 Å². The summed E-state index contributed by atoms with van der Waals surface area (Å²) in [5.41, 5.74) is 7.05. The molecular weight excluding hydrogens is 363 g/mol. The number of para-hydroxylation sites is 1. The molecular formula is C20H19FN4O3. The van der Waals surface area contributed by atoms with Crippen molar-refractivity contribution < 1.29 is 18.7 Å². The number of nitrogens with zero attached hydrogens (tertiary/aromatic N) is 2. The van der Waals surface area contributed by atoms with Crippen molar-refractivity contribution in [1.82, 2.24) is 20.6 Å². The second-order valence-corrected chi connectivity index (χ2v) is 6.04. The molecule has 0 bridgehead atoms. The Morgan fingerprint density at radius 1 is 1.04 bits per heavy atom. The molecule has 0 saturated carbocycles. The zero-order valence-corrected chi connectivity index (χ0v) is 15.4. The van der Waals surface area contributed by atoms with E-state index >= 15 is 0 Å². The topological polar surface area (TPSA) is 85.3 Å². The Balaban J connectivity index is 1.59. The van der Waals surface area contributed by atoms with Crippen molar-refractivity contribution in [3.8, 4) is 11.4 Å². The average molecular weight is 382 g/mol. The molecule has 0 unspecified atom stereocenters. The number of aryl methyl sites for hydroxylation is 1. The van der Waals surface area contributed by atoms with E-state index in [2.05, 4.69) is 16.0 Å². The maximum absolute atomic E-state index is 12.8. The van der Waals surface area contributed by atoms with Gasteiger partial charge in [-0.2, -0.15) is 5.10 Å². The maximum atomic E-state index is 12.8. The number of nitrogens with one attached hydrogen (secondary N) is 2. The number of hydrazine groups is 1. The highest BCUT2D eigenvalue weighted by Crippen LogP contribution is 2.17. The number of hydrogen-bond donors (Lipinski definition) is 2. The van der Waals surface area contributed by atoms with E-state index in [-0.39, 0.29) is 6.61 Å². The Morgan fingerprint density at radius 3 is 2.39 bits per heavy atom. The molecule has 0 saturated heterocycles. The molecule has 7 nitrogen and oxygen atoms in total. The first kappa shape index (κ1) is 19.1. The van der Waals surface area contributed by atoms with Crippen molar-refractivity contribution in [2.24, 2.45) is 0 Å². The highest BCUT2D eigenvalue weighted by molar-refractivity contribution is 5.97. The van der Waals surface area contributed by atoms with Gasteiger partial charge >= 0.3 is 0 Å². The van der Waals surface area contributed by atoms with Crippen LogP contribution in [0.15, 0.2) is 54.6 Å². The lowest BCUT2D eigenvalue weighted by molar-refractivity contribution is -0.123. The predicted octanol–water partition coefficient (Wildman–Crippen LogP) is 2.47. The van der Waals surface area contributed by atoms with Crippen LogP contribution in [0.3, 0.4) is 0 Å². The number of benzene rings is 2. The highest BCUT2D eigenvalue weighted by Gasteiger charge is 2.19. The van der Waals surface area contributed by atoms with Gasteiger partial charge in [0.25, 0.3) is 11.8 Å². The monoisotopic (exact) mass is 382 g/mol. The lowest BCUT2D eigenvalue weighted by Gasteiger charge is -2.09. The number of halogens is 1. The number of ether oxygens (including phenoxy) is 1. The zero-order chi connectivity index (χ0) is 20.1. The molecule has 3 aromatic rings. The van der Waals surface area contributed by atoms with Crippen molar-refractivity contribution in [2.75, 3.05) is 6.61 Å². The van der Waals surface area contributed by atoms with Gasteiger partial charge in [-0.25, -0.2) is 9.07 Å². The van der Waals surface area contributed by atoms with Crippen LogP contribution in [-0.4, -0.2) is 28.2 Å². The molecule has 0 aliphatic rings. The van der Waals surface area contributed by atoms with E-state index in [1.807, 2.05) is 30.3 Å². The van der Waals surface area contributed by atoms with Gasteiger partial charge in [-0.1, -0.05) is 18.2 Å². The molecule has 0 atom stereocenters. The molecule has 0 fully saturated rings. The fourth-order valence-electron chi connectivity index (χ4n) is 2.70. The van der Waals surface area contributed by atoms with Crippen LogP contribution < -0.4 is 15.6 Å². The van der Waals surface area contributed by atoms with Crippen LogP contribution in [-0.2, 0) is 4.79 Å². The fraction of sp³-hybridized carbons (Fsp3) is 0.150. The predicted molar refractivity (Wildman–Crippen MR) is 101 cm³/mol. The Kier molecular flexibility index (Phi) is 5.69. The van der Waals surface area contributed by atoms with Crippen molar-refractivity contribution in [1.29, 1.82) is 0 Å². The van der Waals surface area contributed by atoms with Gasteiger partial charge in [0.1, 0.15) is 11.6 Å². The SMILES string of the molecule is Cc1nn(-c2ccccc2)c(C)c1C(=O)NNC(=O)COc1ccc(F)cc1. The van der Waals surface area contributed by atoms with Gasteiger partial charge in [0.15, 0.2) is 6.61 Å². The third-order valence-electron chi connectivity index (χ3n) is 4.02. The summed E-state index contributed by atoms with van der Waals surface area (Å²) in [6.45, 7) is 3.18. The van der Waals surface area contributed by atoms with Crippen LogP contribution in [0.5, 0.6) is 5.75 Å². The van der Waals surface area contributed by atoms with Crippen molar-refractivity contribution in [3.05, 3.63) is 77.4 Å². The summed E-state index contributed by atoms with van der Waals surface area (Å²) in [7, 11) is 0. The number of hydrogen-bond acceptors (Lipinski definition) is 4. The Labute approximate surface area is 161 Å². The van der Waals surface area contributed by atoms with E-state index < -0.39 is 17.6 Å². The summed E-state index contributed by atoms with van der Waals surface area (Å²) in [6, 6.07) is 14.7. The number of carbonyl (C=O) groups excluding carboxylic acids is 2. The lowest BCUT2D eigenvalue weighted by atomic mass is 10.2. The van der Waals surface area contributed by atoms with E-state index in [1.165, 1.54) is 24.3 Å². The molecule has 2 aromatic carbocycles. The molecule has 1 heterocycles. The van der Waals surface area contributed by atoms with Gasteiger partial charge in [-0.05, 0) is 50.2 Å². The molecule has 2 amide bonds. The zero-order valence-electron chi connectivity index (χ0n) is 15.4. The first-order valence-electron chi connectivity index (χ1n) is 8.55. The quantitative estimate of drug-likeness (QED) is 0.664. The largest absolute Gasteiger partial charge is 0.484 e. The maximum Gasteiger partial charge on any atom is 0.276 e. The smallest absolute Gasteiger partial charge is 0.276 e. The molecule has 3 rings (SSSR count). The molecule has 0 spiro atoms. The summed E-state index contributed by atoms with van der Waals surface area (Å²) < 4.78 is 19.7. The molecule has 144 valence electrons. The van der Waals surface area contributed by atoms with E-state index in [9.17, 15) is 14.0 Å². The van der Waals surface area contributed by atoms with Crippen LogP contribution in [0.2, 0.25) is 0 Å². The molecule has 1 aromatic heterocycles. The third-order valence-corrected chi connectivity index (χ3v) is 4.02. The summed E-state index contributed by atoms with van der Waals surface area (Å²) in [5.74, 6) is -1.08. The van der Waals surface area contributed by atoms with Crippen LogP contribution in [0, 0.1) is 19.7 Å². The summed E-state index contributed by atoms with van der Waals surface area (Å²) in [5, 5.41) is 4.40. The minimum atomic E-state index is -0.552. The van der Waals surface area contributed by atoms with Gasteiger partial charge in [0, 0.05) is 0 Å².